The molecule has 7 heteroatoms. The molecule has 0 N–H and O–H groups in total. The first kappa shape index (κ1) is 16.7. The summed E-state index contributed by atoms with van der Waals surface area (Å²) in [5, 5.41) is 9.26. The lowest BCUT2D eigenvalue weighted by atomic mass is 10.1. The van der Waals surface area contributed by atoms with Gasteiger partial charge in [0.15, 0.2) is 0 Å². The van der Waals surface area contributed by atoms with E-state index in [-0.39, 0.29) is 23.0 Å². The summed E-state index contributed by atoms with van der Waals surface area (Å²) < 4.78 is 52.9. The van der Waals surface area contributed by atoms with E-state index in [0.717, 1.165) is 24.3 Å². The van der Waals surface area contributed by atoms with Crippen LogP contribution in [0.5, 0.6) is 0 Å². The molecule has 0 saturated heterocycles. The zero-order valence-corrected chi connectivity index (χ0v) is 12.6. The second-order valence-electron chi connectivity index (χ2n) is 5.47. The zero-order valence-electron chi connectivity index (χ0n) is 12.6. The molecule has 0 unspecified atom stereocenters. The minimum atomic E-state index is -4.43. The summed E-state index contributed by atoms with van der Waals surface area (Å²) in [7, 11) is 0. The summed E-state index contributed by atoms with van der Waals surface area (Å²) in [4.78, 5) is 12.1. The number of hydrogen-bond donors (Lipinski definition) is 0. The fourth-order valence-corrected chi connectivity index (χ4v) is 2.57. The summed E-state index contributed by atoms with van der Waals surface area (Å²) in [6.45, 7) is 0.0903. The number of halogens is 4. The van der Waals surface area contributed by atoms with Crippen LogP contribution in [0, 0.1) is 17.1 Å². The number of nitriles is 1. The third-order valence-electron chi connectivity index (χ3n) is 3.80. The van der Waals surface area contributed by atoms with Gasteiger partial charge in [-0.2, -0.15) is 18.4 Å². The zero-order chi connectivity index (χ0) is 18.2. The molecule has 3 nitrogen and oxygen atoms in total. The summed E-state index contributed by atoms with van der Waals surface area (Å²) >= 11 is 0. The Morgan fingerprint density at radius 2 is 1.76 bits per heavy atom. The van der Waals surface area contributed by atoms with Crippen LogP contribution in [0.3, 0.4) is 0 Å². The fourth-order valence-electron chi connectivity index (χ4n) is 2.57. The average molecular weight is 346 g/mol. The van der Waals surface area contributed by atoms with Crippen LogP contribution in [0.25, 0.3) is 10.9 Å². The molecule has 3 aromatic rings. The Balaban J connectivity index is 2.10. The molecule has 2 aromatic carbocycles. The molecule has 0 aliphatic heterocycles. The molecular weight excluding hydrogens is 336 g/mol. The van der Waals surface area contributed by atoms with Crippen LogP contribution < -0.4 is 5.43 Å². The van der Waals surface area contributed by atoms with Crippen molar-refractivity contribution in [3.63, 3.8) is 0 Å². The molecule has 25 heavy (non-hydrogen) atoms. The maximum Gasteiger partial charge on any atom is 0.416 e. The van der Waals surface area contributed by atoms with E-state index in [9.17, 15) is 22.4 Å². The van der Waals surface area contributed by atoms with Gasteiger partial charge in [0.05, 0.1) is 11.1 Å². The van der Waals surface area contributed by atoms with Gasteiger partial charge in [-0.3, -0.25) is 4.79 Å². The molecule has 0 saturated carbocycles. The van der Waals surface area contributed by atoms with Gasteiger partial charge in [-0.1, -0.05) is 12.1 Å². The molecule has 0 spiro atoms. The molecular formula is C18H10F4N2O. The van der Waals surface area contributed by atoms with E-state index in [0.29, 0.717) is 5.56 Å². The lowest BCUT2D eigenvalue weighted by Gasteiger charge is -2.13. The van der Waals surface area contributed by atoms with Crippen LogP contribution in [0.1, 0.15) is 16.7 Å². The average Bonchev–Trinajstić information content (AvgIpc) is 2.57. The van der Waals surface area contributed by atoms with Crippen molar-refractivity contribution in [3.8, 4) is 6.07 Å². The third-order valence-corrected chi connectivity index (χ3v) is 3.80. The van der Waals surface area contributed by atoms with Crippen LogP contribution in [-0.4, -0.2) is 4.57 Å². The highest BCUT2D eigenvalue weighted by Gasteiger charge is 2.29. The van der Waals surface area contributed by atoms with E-state index in [2.05, 4.69) is 0 Å². The van der Waals surface area contributed by atoms with Gasteiger partial charge in [-0.05, 0) is 35.9 Å². The quantitative estimate of drug-likeness (QED) is 0.657. The van der Waals surface area contributed by atoms with E-state index < -0.39 is 23.0 Å². The van der Waals surface area contributed by atoms with Gasteiger partial charge in [0.25, 0.3) is 0 Å². The lowest BCUT2D eigenvalue weighted by Crippen LogP contribution is -2.14. The SMILES string of the molecule is N#Cc1cn(Cc2ccc(C(F)(F)F)cc2)c2cc(F)ccc2c1=O. The molecule has 0 aliphatic carbocycles. The van der Waals surface area contributed by atoms with Crippen molar-refractivity contribution < 1.29 is 17.6 Å². The standard InChI is InChI=1S/C18H10F4N2O/c19-14-5-6-15-16(7-14)24(10-12(8-23)17(15)25)9-11-1-3-13(4-2-11)18(20,21)22/h1-7,10H,9H2. The van der Waals surface area contributed by atoms with E-state index in [4.69, 9.17) is 5.26 Å². The molecule has 0 radical (unpaired) electrons. The van der Waals surface area contributed by atoms with Gasteiger partial charge in [0.2, 0.25) is 5.43 Å². The Morgan fingerprint density at radius 3 is 2.36 bits per heavy atom. The van der Waals surface area contributed by atoms with E-state index in [1.54, 1.807) is 6.07 Å². The van der Waals surface area contributed by atoms with E-state index >= 15 is 0 Å². The Kier molecular flexibility index (Phi) is 4.05. The number of alkyl halides is 3. The predicted molar refractivity (Wildman–Crippen MR) is 83.4 cm³/mol. The largest absolute Gasteiger partial charge is 0.416 e. The molecule has 0 atom stereocenters. The van der Waals surface area contributed by atoms with Crippen LogP contribution >= 0.6 is 0 Å². The summed E-state index contributed by atoms with van der Waals surface area (Å²) in [5.74, 6) is -0.558. The van der Waals surface area contributed by atoms with Gasteiger partial charge in [0, 0.05) is 18.1 Å². The second kappa shape index (κ2) is 6.06. The van der Waals surface area contributed by atoms with Gasteiger partial charge in [-0.25, -0.2) is 4.39 Å². The van der Waals surface area contributed by atoms with Crippen LogP contribution in [0.4, 0.5) is 17.6 Å². The van der Waals surface area contributed by atoms with Crippen LogP contribution in [-0.2, 0) is 12.7 Å². The molecule has 1 heterocycles. The topological polar surface area (TPSA) is 45.8 Å². The predicted octanol–water partition coefficient (Wildman–Crippen LogP) is 4.08. The van der Waals surface area contributed by atoms with Crippen molar-refractivity contribution in [2.24, 2.45) is 0 Å². The summed E-state index contributed by atoms with van der Waals surface area (Å²) in [5.41, 5.74) is -0.619. The smallest absolute Gasteiger partial charge is 0.341 e. The molecule has 126 valence electrons. The van der Waals surface area contributed by atoms with Gasteiger partial charge in [-0.15, -0.1) is 0 Å². The maximum atomic E-state index is 13.5. The first-order valence-corrected chi connectivity index (χ1v) is 7.18. The normalized spacial score (nSPS) is 11.5. The monoisotopic (exact) mass is 346 g/mol. The molecule has 0 amide bonds. The van der Waals surface area contributed by atoms with Crippen LogP contribution in [0.2, 0.25) is 0 Å². The number of pyridine rings is 1. The minimum Gasteiger partial charge on any atom is -0.341 e. The van der Waals surface area contributed by atoms with Gasteiger partial charge >= 0.3 is 6.18 Å². The minimum absolute atomic E-state index is 0.0903. The molecule has 0 bridgehead atoms. The lowest BCUT2D eigenvalue weighted by molar-refractivity contribution is -0.137. The number of benzene rings is 2. The Morgan fingerprint density at radius 1 is 1.08 bits per heavy atom. The second-order valence-corrected chi connectivity index (χ2v) is 5.47. The van der Waals surface area contributed by atoms with E-state index in [1.807, 2.05) is 0 Å². The number of nitrogens with zero attached hydrogens (tertiary/aromatic N) is 2. The van der Waals surface area contributed by atoms with Gasteiger partial charge < -0.3 is 4.57 Å². The number of aromatic nitrogens is 1. The molecule has 1 aromatic heterocycles. The number of rotatable bonds is 2. The summed E-state index contributed by atoms with van der Waals surface area (Å²) in [6, 6.07) is 9.85. The Hall–Kier alpha value is -3.14. The Bertz CT molecular complexity index is 1040. The Labute approximate surface area is 139 Å². The third kappa shape index (κ3) is 3.24. The highest BCUT2D eigenvalue weighted by Crippen LogP contribution is 2.29. The van der Waals surface area contributed by atoms with Gasteiger partial charge in [0.1, 0.15) is 17.4 Å². The van der Waals surface area contributed by atoms with Crippen molar-refractivity contribution in [2.45, 2.75) is 12.7 Å². The highest BCUT2D eigenvalue weighted by molar-refractivity contribution is 5.80. The maximum absolute atomic E-state index is 13.5. The fraction of sp³-hybridized carbons (Fsp3) is 0.111. The van der Waals surface area contributed by atoms with Crippen LogP contribution in [0.15, 0.2) is 53.5 Å². The first-order valence-electron chi connectivity index (χ1n) is 7.18. The van der Waals surface area contributed by atoms with E-state index in [1.165, 1.54) is 29.0 Å². The van der Waals surface area contributed by atoms with Crippen molar-refractivity contribution in [3.05, 3.63) is 81.4 Å². The molecule has 3 rings (SSSR count). The van der Waals surface area contributed by atoms with Crippen molar-refractivity contribution in [1.82, 2.24) is 4.57 Å². The van der Waals surface area contributed by atoms with Crippen molar-refractivity contribution in [1.29, 1.82) is 5.26 Å². The first-order chi connectivity index (χ1) is 11.8. The van der Waals surface area contributed by atoms with Crippen molar-refractivity contribution in [2.75, 3.05) is 0 Å². The number of fused-ring (bicyclic) bond motifs is 1. The van der Waals surface area contributed by atoms with Crippen molar-refractivity contribution >= 4 is 10.9 Å². The molecule has 0 aliphatic rings. The highest BCUT2D eigenvalue weighted by atomic mass is 19.4. The number of hydrogen-bond acceptors (Lipinski definition) is 2. The summed E-state index contributed by atoms with van der Waals surface area (Å²) in [6.07, 6.45) is -3.15. The molecule has 0 fully saturated rings.